The van der Waals surface area contributed by atoms with Crippen molar-refractivity contribution in [2.45, 2.75) is 13.5 Å². The first kappa shape index (κ1) is 14.9. The predicted molar refractivity (Wildman–Crippen MR) is 86.4 cm³/mol. The Balaban J connectivity index is 1.79. The van der Waals surface area contributed by atoms with Crippen LogP contribution in [0.4, 0.5) is 4.79 Å². The molecule has 22 heavy (non-hydrogen) atoms. The van der Waals surface area contributed by atoms with Crippen LogP contribution in [-0.4, -0.2) is 16.0 Å². The lowest BCUT2D eigenvalue weighted by molar-refractivity contribution is -0.123. The molecule has 0 atom stereocenters. The summed E-state index contributed by atoms with van der Waals surface area (Å²) in [6.45, 7) is 2.06. The molecule has 1 aliphatic rings. The zero-order valence-electron chi connectivity index (χ0n) is 11.7. The smallest absolute Gasteiger partial charge is 0.293 e. The van der Waals surface area contributed by atoms with Crippen LogP contribution < -0.4 is 0 Å². The summed E-state index contributed by atoms with van der Waals surface area (Å²) in [5.74, 6) is 1.01. The van der Waals surface area contributed by atoms with Gasteiger partial charge in [0.1, 0.15) is 11.5 Å². The molecule has 2 heterocycles. The molecule has 0 bridgehead atoms. The monoisotopic (exact) mass is 333 g/mol. The van der Waals surface area contributed by atoms with E-state index in [1.54, 1.807) is 36.4 Å². The molecule has 1 aliphatic heterocycles. The molecule has 1 aromatic heterocycles. The normalized spacial score (nSPS) is 16.8. The number of carbonyl (C=O) groups is 2. The van der Waals surface area contributed by atoms with Crippen LogP contribution in [0.15, 0.2) is 45.7 Å². The summed E-state index contributed by atoms with van der Waals surface area (Å²) in [5.41, 5.74) is 0.849. The molecule has 112 valence electrons. The maximum atomic E-state index is 12.3. The molecule has 0 radical (unpaired) electrons. The molecule has 1 aromatic carbocycles. The third-order valence-corrected chi connectivity index (χ3v) is 4.32. The van der Waals surface area contributed by atoms with Gasteiger partial charge in [-0.05, 0) is 48.5 Å². The van der Waals surface area contributed by atoms with Gasteiger partial charge in [-0.25, -0.2) is 0 Å². The number of amides is 2. The summed E-state index contributed by atoms with van der Waals surface area (Å²) >= 11 is 6.75. The van der Waals surface area contributed by atoms with E-state index >= 15 is 0 Å². The number of imide groups is 1. The number of nitrogens with zero attached hydrogens (tertiary/aromatic N) is 1. The first-order valence-corrected chi connectivity index (χ1v) is 7.78. The van der Waals surface area contributed by atoms with E-state index in [1.807, 2.05) is 13.0 Å². The van der Waals surface area contributed by atoms with E-state index in [9.17, 15) is 9.59 Å². The average molecular weight is 334 g/mol. The van der Waals surface area contributed by atoms with Crippen LogP contribution in [-0.2, 0) is 11.3 Å². The van der Waals surface area contributed by atoms with E-state index in [0.29, 0.717) is 15.7 Å². The second-order valence-electron chi connectivity index (χ2n) is 4.84. The Morgan fingerprint density at radius 2 is 1.91 bits per heavy atom. The Hall–Kier alpha value is -1.98. The van der Waals surface area contributed by atoms with Gasteiger partial charge in [-0.1, -0.05) is 23.7 Å². The number of thioether (sulfide) groups is 1. The van der Waals surface area contributed by atoms with Gasteiger partial charge >= 0.3 is 0 Å². The van der Waals surface area contributed by atoms with Crippen molar-refractivity contribution in [1.29, 1.82) is 0 Å². The standard InChI is InChI=1S/C16H12ClNO3S/c1-10-2-7-13(21-10)8-14-15(19)18(16(20)22-14)9-11-3-5-12(17)6-4-11/h2-8H,9H2,1H3/b14-8-. The molecule has 3 rings (SSSR count). The molecule has 4 nitrogen and oxygen atoms in total. The number of furan rings is 1. The summed E-state index contributed by atoms with van der Waals surface area (Å²) in [7, 11) is 0. The summed E-state index contributed by atoms with van der Waals surface area (Å²) in [4.78, 5) is 26.0. The lowest BCUT2D eigenvalue weighted by Gasteiger charge is -2.12. The molecule has 1 saturated heterocycles. The second kappa shape index (κ2) is 6.02. The summed E-state index contributed by atoms with van der Waals surface area (Å²) < 4.78 is 5.41. The van der Waals surface area contributed by atoms with Gasteiger partial charge in [0.2, 0.25) is 0 Å². The minimum Gasteiger partial charge on any atom is -0.462 e. The Kier molecular flexibility index (Phi) is 4.09. The van der Waals surface area contributed by atoms with E-state index in [-0.39, 0.29) is 17.7 Å². The van der Waals surface area contributed by atoms with Gasteiger partial charge in [0.25, 0.3) is 11.1 Å². The molecule has 1 fully saturated rings. The van der Waals surface area contributed by atoms with Crippen LogP contribution in [0, 0.1) is 6.92 Å². The third kappa shape index (κ3) is 3.10. The predicted octanol–water partition coefficient (Wildman–Crippen LogP) is 4.48. The van der Waals surface area contributed by atoms with Crippen molar-refractivity contribution in [3.63, 3.8) is 0 Å². The highest BCUT2D eigenvalue weighted by Gasteiger charge is 2.35. The highest BCUT2D eigenvalue weighted by Crippen LogP contribution is 2.33. The highest BCUT2D eigenvalue weighted by atomic mass is 35.5. The van der Waals surface area contributed by atoms with Crippen molar-refractivity contribution in [1.82, 2.24) is 4.90 Å². The Labute approximate surface area is 136 Å². The molecular weight excluding hydrogens is 322 g/mol. The van der Waals surface area contributed by atoms with Gasteiger partial charge in [-0.3, -0.25) is 14.5 Å². The Morgan fingerprint density at radius 1 is 1.18 bits per heavy atom. The van der Waals surface area contributed by atoms with Crippen molar-refractivity contribution in [3.8, 4) is 0 Å². The van der Waals surface area contributed by atoms with Gasteiger partial charge in [-0.15, -0.1) is 0 Å². The molecular formula is C16H12ClNO3S. The first-order valence-electron chi connectivity index (χ1n) is 6.59. The van der Waals surface area contributed by atoms with Crippen LogP contribution in [0.2, 0.25) is 5.02 Å². The molecule has 0 unspecified atom stereocenters. The lowest BCUT2D eigenvalue weighted by Crippen LogP contribution is -2.27. The lowest BCUT2D eigenvalue weighted by atomic mass is 10.2. The van der Waals surface area contributed by atoms with E-state index < -0.39 is 0 Å². The number of aryl methyl sites for hydroxylation is 1. The van der Waals surface area contributed by atoms with Crippen LogP contribution >= 0.6 is 23.4 Å². The maximum absolute atomic E-state index is 12.3. The van der Waals surface area contributed by atoms with E-state index in [1.165, 1.54) is 4.90 Å². The van der Waals surface area contributed by atoms with Crippen molar-refractivity contribution in [2.24, 2.45) is 0 Å². The molecule has 0 N–H and O–H groups in total. The average Bonchev–Trinajstić information content (AvgIpc) is 3.00. The van der Waals surface area contributed by atoms with Crippen LogP contribution in [0.1, 0.15) is 17.1 Å². The SMILES string of the molecule is Cc1ccc(/C=C2\SC(=O)N(Cc3ccc(Cl)cc3)C2=O)o1. The largest absolute Gasteiger partial charge is 0.462 e. The fraction of sp³-hybridized carbons (Fsp3) is 0.125. The topological polar surface area (TPSA) is 50.5 Å². The van der Waals surface area contributed by atoms with Crippen molar-refractivity contribution in [3.05, 3.63) is 63.4 Å². The highest BCUT2D eigenvalue weighted by molar-refractivity contribution is 8.18. The van der Waals surface area contributed by atoms with Gasteiger partial charge in [0.15, 0.2) is 0 Å². The van der Waals surface area contributed by atoms with Gasteiger partial charge in [0.05, 0.1) is 11.4 Å². The molecule has 2 aromatic rings. The number of halogens is 1. The summed E-state index contributed by atoms with van der Waals surface area (Å²) in [6.07, 6.45) is 1.60. The number of benzene rings is 1. The Morgan fingerprint density at radius 3 is 2.55 bits per heavy atom. The zero-order chi connectivity index (χ0) is 15.7. The fourth-order valence-corrected chi connectivity index (χ4v) is 3.01. The van der Waals surface area contributed by atoms with Crippen LogP contribution in [0.5, 0.6) is 0 Å². The Bertz CT molecular complexity index is 764. The number of hydrogen-bond donors (Lipinski definition) is 0. The van der Waals surface area contributed by atoms with Crippen molar-refractivity contribution >= 4 is 40.6 Å². The minimum atomic E-state index is -0.306. The quantitative estimate of drug-likeness (QED) is 0.777. The molecule has 0 spiro atoms. The minimum absolute atomic E-state index is 0.232. The summed E-state index contributed by atoms with van der Waals surface area (Å²) in [5, 5.41) is 0.334. The number of rotatable bonds is 3. The zero-order valence-corrected chi connectivity index (χ0v) is 13.3. The van der Waals surface area contributed by atoms with Crippen LogP contribution in [0.25, 0.3) is 6.08 Å². The van der Waals surface area contributed by atoms with Gasteiger partial charge < -0.3 is 4.42 Å². The first-order chi connectivity index (χ1) is 10.5. The molecule has 0 saturated carbocycles. The molecule has 0 aliphatic carbocycles. The van der Waals surface area contributed by atoms with Gasteiger partial charge in [-0.2, -0.15) is 0 Å². The van der Waals surface area contributed by atoms with E-state index in [4.69, 9.17) is 16.0 Å². The molecule has 6 heteroatoms. The number of hydrogen-bond acceptors (Lipinski definition) is 4. The van der Waals surface area contributed by atoms with Gasteiger partial charge in [0, 0.05) is 11.1 Å². The summed E-state index contributed by atoms with van der Waals surface area (Å²) in [6, 6.07) is 10.6. The second-order valence-corrected chi connectivity index (χ2v) is 6.27. The van der Waals surface area contributed by atoms with Crippen LogP contribution in [0.3, 0.4) is 0 Å². The van der Waals surface area contributed by atoms with E-state index in [0.717, 1.165) is 23.1 Å². The van der Waals surface area contributed by atoms with Crippen molar-refractivity contribution < 1.29 is 14.0 Å². The number of carbonyl (C=O) groups excluding carboxylic acids is 2. The third-order valence-electron chi connectivity index (χ3n) is 3.16. The maximum Gasteiger partial charge on any atom is 0.293 e. The van der Waals surface area contributed by atoms with Crippen molar-refractivity contribution in [2.75, 3.05) is 0 Å². The molecule has 2 amide bonds. The fourth-order valence-electron chi connectivity index (χ4n) is 2.07. The van der Waals surface area contributed by atoms with E-state index in [2.05, 4.69) is 0 Å².